The van der Waals surface area contributed by atoms with Gasteiger partial charge in [0.05, 0.1) is 19.8 Å². The molecule has 116 valence electrons. The van der Waals surface area contributed by atoms with E-state index in [1.165, 1.54) is 18.4 Å². The number of aromatic nitrogens is 1. The van der Waals surface area contributed by atoms with Crippen LogP contribution in [0.15, 0.2) is 11.6 Å². The topological polar surface area (TPSA) is 77.7 Å². The first-order valence-corrected chi connectivity index (χ1v) is 6.64. The molecular weight excluding hydrogens is 325 g/mol. The number of halogens is 2. The molecule has 2 atom stereocenters. The summed E-state index contributed by atoms with van der Waals surface area (Å²) >= 11 is 1.53. The highest BCUT2D eigenvalue weighted by molar-refractivity contribution is 7.09. The second-order valence-corrected chi connectivity index (χ2v) is 5.00. The van der Waals surface area contributed by atoms with Crippen molar-refractivity contribution in [1.29, 1.82) is 0 Å². The first-order chi connectivity index (χ1) is 8.72. The van der Waals surface area contributed by atoms with Crippen LogP contribution in [-0.4, -0.2) is 55.2 Å². The van der Waals surface area contributed by atoms with Crippen molar-refractivity contribution in [2.24, 2.45) is 5.73 Å². The first-order valence-electron chi connectivity index (χ1n) is 5.76. The van der Waals surface area contributed by atoms with Crippen LogP contribution in [0.25, 0.3) is 0 Å². The number of ether oxygens (including phenoxy) is 2. The number of hydrogen-bond acceptors (Lipinski definition) is 6. The third-order valence-electron chi connectivity index (χ3n) is 2.77. The molecule has 9 heteroatoms. The summed E-state index contributed by atoms with van der Waals surface area (Å²) in [6.45, 7) is 1.82. The number of morpholine rings is 1. The molecule has 6 nitrogen and oxygen atoms in total. The van der Waals surface area contributed by atoms with Crippen LogP contribution in [-0.2, 0) is 14.3 Å². The zero-order valence-corrected chi connectivity index (χ0v) is 13.5. The molecule has 0 saturated carbocycles. The molecule has 1 fully saturated rings. The van der Waals surface area contributed by atoms with Gasteiger partial charge in [0.15, 0.2) is 0 Å². The molecule has 1 aromatic heterocycles. The van der Waals surface area contributed by atoms with Crippen molar-refractivity contribution in [2.45, 2.75) is 12.1 Å². The van der Waals surface area contributed by atoms with Gasteiger partial charge < -0.3 is 20.1 Å². The minimum absolute atomic E-state index is 0. The van der Waals surface area contributed by atoms with Crippen molar-refractivity contribution in [3.8, 4) is 0 Å². The largest absolute Gasteiger partial charge is 0.383 e. The van der Waals surface area contributed by atoms with Crippen molar-refractivity contribution in [3.05, 3.63) is 16.6 Å². The number of carbonyl (C=O) groups is 1. The van der Waals surface area contributed by atoms with E-state index in [9.17, 15) is 4.79 Å². The van der Waals surface area contributed by atoms with Gasteiger partial charge in [-0.3, -0.25) is 4.79 Å². The maximum atomic E-state index is 12.1. The van der Waals surface area contributed by atoms with Gasteiger partial charge in [-0.05, 0) is 0 Å². The molecule has 1 amide bonds. The van der Waals surface area contributed by atoms with Crippen LogP contribution in [0.1, 0.15) is 11.1 Å². The van der Waals surface area contributed by atoms with Crippen molar-refractivity contribution in [3.63, 3.8) is 0 Å². The van der Waals surface area contributed by atoms with E-state index in [2.05, 4.69) is 4.98 Å². The summed E-state index contributed by atoms with van der Waals surface area (Å²) in [5.74, 6) is -0.0956. The molecular formula is C11H19Cl2N3O3S. The van der Waals surface area contributed by atoms with Crippen LogP contribution in [0.4, 0.5) is 0 Å². The molecule has 1 saturated heterocycles. The summed E-state index contributed by atoms with van der Waals surface area (Å²) in [5, 5.41) is 2.80. The lowest BCUT2D eigenvalue weighted by molar-refractivity contribution is -0.141. The van der Waals surface area contributed by atoms with Crippen LogP contribution in [0, 0.1) is 0 Å². The number of hydrogen-bond donors (Lipinski definition) is 1. The highest BCUT2D eigenvalue weighted by Gasteiger charge is 2.29. The van der Waals surface area contributed by atoms with Crippen molar-refractivity contribution in [1.82, 2.24) is 9.88 Å². The molecule has 0 spiro atoms. The second kappa shape index (κ2) is 9.49. The maximum Gasteiger partial charge on any atom is 0.242 e. The Balaban J connectivity index is 0.00000180. The quantitative estimate of drug-likeness (QED) is 0.877. The summed E-state index contributed by atoms with van der Waals surface area (Å²) < 4.78 is 10.5. The minimum atomic E-state index is -0.606. The zero-order chi connectivity index (χ0) is 13.0. The molecule has 0 aromatic carbocycles. The Morgan fingerprint density at radius 2 is 2.45 bits per heavy atom. The van der Waals surface area contributed by atoms with Gasteiger partial charge >= 0.3 is 0 Å². The van der Waals surface area contributed by atoms with Gasteiger partial charge in [0.1, 0.15) is 17.2 Å². The van der Waals surface area contributed by atoms with E-state index >= 15 is 0 Å². The molecule has 0 radical (unpaired) electrons. The number of nitrogens with zero attached hydrogens (tertiary/aromatic N) is 2. The number of rotatable bonds is 4. The van der Waals surface area contributed by atoms with Crippen LogP contribution in [0.5, 0.6) is 0 Å². The summed E-state index contributed by atoms with van der Waals surface area (Å²) in [5.41, 5.74) is 5.75. The van der Waals surface area contributed by atoms with Gasteiger partial charge in [0, 0.05) is 25.2 Å². The predicted octanol–water partition coefficient (Wildman–Crippen LogP) is 0.860. The minimum Gasteiger partial charge on any atom is -0.383 e. The van der Waals surface area contributed by atoms with Crippen LogP contribution in [0.3, 0.4) is 0 Å². The number of thiazole rings is 1. The molecule has 2 rings (SSSR count). The smallest absolute Gasteiger partial charge is 0.242 e. The van der Waals surface area contributed by atoms with Crippen LogP contribution >= 0.6 is 36.2 Å². The molecule has 2 N–H and O–H groups in total. The fraction of sp³-hybridized carbons (Fsp3) is 0.636. The van der Waals surface area contributed by atoms with E-state index in [0.29, 0.717) is 19.7 Å². The van der Waals surface area contributed by atoms with Crippen LogP contribution < -0.4 is 5.73 Å². The Hall–Kier alpha value is -0.440. The Bertz CT molecular complexity index is 394. The third-order valence-corrected chi connectivity index (χ3v) is 3.64. The van der Waals surface area contributed by atoms with Crippen molar-refractivity contribution in [2.75, 3.05) is 33.4 Å². The molecule has 0 aliphatic carbocycles. The summed E-state index contributed by atoms with van der Waals surface area (Å²) in [7, 11) is 1.53. The Morgan fingerprint density at radius 3 is 3.05 bits per heavy atom. The van der Waals surface area contributed by atoms with Crippen LogP contribution in [0.2, 0.25) is 0 Å². The van der Waals surface area contributed by atoms with Gasteiger partial charge in [0.2, 0.25) is 5.91 Å². The highest BCUT2D eigenvalue weighted by atomic mass is 35.5. The molecule has 1 aromatic rings. The SMILES string of the molecule is COCC(N)C(=O)N1CCOC(c2nccs2)C1.Cl.Cl. The van der Waals surface area contributed by atoms with Gasteiger partial charge in [-0.25, -0.2) is 4.98 Å². The second-order valence-electron chi connectivity index (χ2n) is 4.08. The first kappa shape index (κ1) is 19.6. The van der Waals surface area contributed by atoms with E-state index in [1.54, 1.807) is 11.1 Å². The standard InChI is InChI=1S/C11H17N3O3S.2ClH/c1-16-7-8(12)11(15)14-3-4-17-9(6-14)10-13-2-5-18-10;;/h2,5,8-9H,3-4,6-7,12H2,1H3;2*1H. The van der Waals surface area contributed by atoms with Gasteiger partial charge in [0.25, 0.3) is 0 Å². The molecule has 1 aliphatic rings. The fourth-order valence-corrected chi connectivity index (χ4v) is 2.55. The Morgan fingerprint density at radius 1 is 1.70 bits per heavy atom. The molecule has 0 bridgehead atoms. The lowest BCUT2D eigenvalue weighted by atomic mass is 10.2. The van der Waals surface area contributed by atoms with Gasteiger partial charge in [-0.1, -0.05) is 0 Å². The highest BCUT2D eigenvalue weighted by Crippen LogP contribution is 2.23. The number of nitrogens with two attached hydrogens (primary N) is 1. The third kappa shape index (κ3) is 4.83. The van der Waals surface area contributed by atoms with Crippen molar-refractivity contribution >= 4 is 42.1 Å². The zero-order valence-electron chi connectivity index (χ0n) is 11.1. The van der Waals surface area contributed by atoms with Gasteiger partial charge in [-0.2, -0.15) is 0 Å². The normalized spacial score (nSPS) is 19.7. The summed E-state index contributed by atoms with van der Waals surface area (Å²) in [4.78, 5) is 18.0. The number of methoxy groups -OCH3 is 1. The van der Waals surface area contributed by atoms with Gasteiger partial charge in [-0.15, -0.1) is 36.2 Å². The number of carbonyl (C=O) groups excluding carboxylic acids is 1. The van der Waals surface area contributed by atoms with E-state index in [1.807, 2.05) is 5.38 Å². The van der Waals surface area contributed by atoms with E-state index in [0.717, 1.165) is 5.01 Å². The number of amides is 1. The Labute approximate surface area is 134 Å². The molecule has 20 heavy (non-hydrogen) atoms. The average Bonchev–Trinajstić information content (AvgIpc) is 2.92. The molecule has 2 heterocycles. The summed E-state index contributed by atoms with van der Waals surface area (Å²) in [6.07, 6.45) is 1.60. The molecule has 2 unspecified atom stereocenters. The van der Waals surface area contributed by atoms with E-state index in [-0.39, 0.29) is 43.4 Å². The molecule has 1 aliphatic heterocycles. The predicted molar refractivity (Wildman–Crippen MR) is 81.7 cm³/mol. The van der Waals surface area contributed by atoms with E-state index in [4.69, 9.17) is 15.2 Å². The Kier molecular flexibility index (Phi) is 9.28. The lowest BCUT2D eigenvalue weighted by Gasteiger charge is -2.33. The average molecular weight is 344 g/mol. The van der Waals surface area contributed by atoms with E-state index < -0.39 is 6.04 Å². The lowest BCUT2D eigenvalue weighted by Crippen LogP contribution is -2.50. The maximum absolute atomic E-state index is 12.1. The van der Waals surface area contributed by atoms with Crippen molar-refractivity contribution < 1.29 is 14.3 Å². The summed E-state index contributed by atoms with van der Waals surface area (Å²) in [6, 6.07) is -0.606. The monoisotopic (exact) mass is 343 g/mol. The fourth-order valence-electron chi connectivity index (χ4n) is 1.88.